The van der Waals surface area contributed by atoms with Crippen molar-refractivity contribution in [2.75, 3.05) is 26.0 Å². The first-order chi connectivity index (χ1) is 8.65. The third-order valence-corrected chi connectivity index (χ3v) is 2.75. The minimum absolute atomic E-state index is 0.0167. The molecular weight excluding hydrogens is 226 g/mol. The molecule has 1 N–H and O–H groups in total. The maximum atomic E-state index is 11.7. The Morgan fingerprint density at radius 3 is 2.61 bits per heavy atom. The van der Waals surface area contributed by atoms with Crippen LogP contribution in [0.4, 0.5) is 5.82 Å². The van der Waals surface area contributed by atoms with Gasteiger partial charge in [-0.2, -0.15) is 0 Å². The van der Waals surface area contributed by atoms with Crippen LogP contribution in [0, 0.1) is 0 Å². The number of pyridine rings is 1. The van der Waals surface area contributed by atoms with Gasteiger partial charge in [-0.15, -0.1) is 0 Å². The van der Waals surface area contributed by atoms with E-state index in [1.165, 1.54) is 19.3 Å². The summed E-state index contributed by atoms with van der Waals surface area (Å²) < 4.78 is 0. The van der Waals surface area contributed by atoms with Gasteiger partial charge in [0.1, 0.15) is 5.82 Å². The van der Waals surface area contributed by atoms with Crippen LogP contribution in [-0.2, 0) is 0 Å². The van der Waals surface area contributed by atoms with Crippen LogP contribution in [0.25, 0.3) is 0 Å². The zero-order valence-corrected chi connectivity index (χ0v) is 11.6. The first-order valence-corrected chi connectivity index (χ1v) is 6.56. The summed E-state index contributed by atoms with van der Waals surface area (Å²) in [4.78, 5) is 17.4. The van der Waals surface area contributed by atoms with E-state index >= 15 is 0 Å². The number of carbonyl (C=O) groups is 1. The van der Waals surface area contributed by atoms with Crippen molar-refractivity contribution in [2.45, 2.75) is 32.6 Å². The Labute approximate surface area is 109 Å². The molecule has 0 unspecified atom stereocenters. The van der Waals surface area contributed by atoms with Crippen molar-refractivity contribution in [1.82, 2.24) is 9.88 Å². The molecule has 1 aromatic rings. The van der Waals surface area contributed by atoms with Crippen LogP contribution >= 0.6 is 0 Å². The Bertz CT molecular complexity index is 360. The van der Waals surface area contributed by atoms with E-state index in [2.05, 4.69) is 17.2 Å². The first kappa shape index (κ1) is 14.5. The summed E-state index contributed by atoms with van der Waals surface area (Å²) in [5, 5.41) is 3.26. The lowest BCUT2D eigenvalue weighted by molar-refractivity contribution is 0.0827. The fourth-order valence-corrected chi connectivity index (χ4v) is 1.65. The van der Waals surface area contributed by atoms with Crippen LogP contribution in [0.3, 0.4) is 0 Å². The van der Waals surface area contributed by atoms with Crippen LogP contribution < -0.4 is 5.32 Å². The predicted molar refractivity (Wildman–Crippen MR) is 74.9 cm³/mol. The van der Waals surface area contributed by atoms with Gasteiger partial charge in [-0.1, -0.05) is 26.2 Å². The van der Waals surface area contributed by atoms with E-state index in [9.17, 15) is 4.79 Å². The highest BCUT2D eigenvalue weighted by Gasteiger charge is 2.07. The minimum Gasteiger partial charge on any atom is -0.370 e. The molecule has 0 aliphatic rings. The second kappa shape index (κ2) is 7.69. The molecule has 1 rings (SSSR count). The molecule has 0 atom stereocenters. The average molecular weight is 249 g/mol. The van der Waals surface area contributed by atoms with E-state index in [0.717, 1.165) is 18.8 Å². The highest BCUT2D eigenvalue weighted by atomic mass is 16.2. The van der Waals surface area contributed by atoms with Gasteiger partial charge in [-0.25, -0.2) is 4.98 Å². The number of nitrogens with one attached hydrogen (secondary N) is 1. The maximum absolute atomic E-state index is 11.7. The van der Waals surface area contributed by atoms with Gasteiger partial charge in [-0.05, 0) is 18.6 Å². The van der Waals surface area contributed by atoms with Gasteiger partial charge in [0.05, 0.1) is 5.56 Å². The number of hydrogen-bond donors (Lipinski definition) is 1. The number of hydrogen-bond acceptors (Lipinski definition) is 3. The van der Waals surface area contributed by atoms with E-state index in [1.807, 2.05) is 12.1 Å². The lowest BCUT2D eigenvalue weighted by Gasteiger charge is -2.10. The molecule has 0 saturated carbocycles. The van der Waals surface area contributed by atoms with Crippen LogP contribution in [0.15, 0.2) is 18.3 Å². The summed E-state index contributed by atoms with van der Waals surface area (Å²) in [5.41, 5.74) is 0.622. The summed E-state index contributed by atoms with van der Waals surface area (Å²) in [6.45, 7) is 3.14. The maximum Gasteiger partial charge on any atom is 0.254 e. The molecular formula is C14H23N3O. The smallest absolute Gasteiger partial charge is 0.254 e. The zero-order chi connectivity index (χ0) is 13.4. The third kappa shape index (κ3) is 4.73. The molecule has 0 fully saturated rings. The average Bonchev–Trinajstić information content (AvgIpc) is 2.38. The van der Waals surface area contributed by atoms with Crippen molar-refractivity contribution in [3.8, 4) is 0 Å². The molecule has 1 aromatic heterocycles. The molecule has 100 valence electrons. The minimum atomic E-state index is -0.0167. The van der Waals surface area contributed by atoms with Crippen molar-refractivity contribution < 1.29 is 4.79 Å². The molecule has 1 amide bonds. The number of amides is 1. The van der Waals surface area contributed by atoms with E-state index in [1.54, 1.807) is 25.2 Å². The molecule has 18 heavy (non-hydrogen) atoms. The second-order valence-corrected chi connectivity index (χ2v) is 4.62. The topological polar surface area (TPSA) is 45.2 Å². The number of rotatable bonds is 7. The summed E-state index contributed by atoms with van der Waals surface area (Å²) in [7, 11) is 3.48. The Balaban J connectivity index is 2.38. The number of nitrogens with zero attached hydrogens (tertiary/aromatic N) is 2. The lowest BCUT2D eigenvalue weighted by atomic mass is 10.2. The molecule has 0 aliphatic carbocycles. The lowest BCUT2D eigenvalue weighted by Crippen LogP contribution is -2.21. The fourth-order valence-electron chi connectivity index (χ4n) is 1.65. The molecule has 0 bridgehead atoms. The van der Waals surface area contributed by atoms with Crippen molar-refractivity contribution in [1.29, 1.82) is 0 Å². The number of carbonyl (C=O) groups excluding carboxylic acids is 1. The van der Waals surface area contributed by atoms with Crippen molar-refractivity contribution >= 4 is 11.7 Å². The summed E-state index contributed by atoms with van der Waals surface area (Å²) in [5.74, 6) is 0.818. The normalized spacial score (nSPS) is 10.2. The van der Waals surface area contributed by atoms with E-state index in [-0.39, 0.29) is 5.91 Å². The monoisotopic (exact) mass is 249 g/mol. The van der Waals surface area contributed by atoms with E-state index < -0.39 is 0 Å². The molecule has 0 spiro atoms. The largest absolute Gasteiger partial charge is 0.370 e. The quantitative estimate of drug-likeness (QED) is 0.756. The van der Waals surface area contributed by atoms with Crippen molar-refractivity contribution in [3.63, 3.8) is 0 Å². The van der Waals surface area contributed by atoms with Gasteiger partial charge in [0.15, 0.2) is 0 Å². The number of anilines is 1. The molecule has 4 nitrogen and oxygen atoms in total. The van der Waals surface area contributed by atoms with Crippen LogP contribution in [0.1, 0.15) is 43.0 Å². The first-order valence-electron chi connectivity index (χ1n) is 6.56. The summed E-state index contributed by atoms with van der Waals surface area (Å²) >= 11 is 0. The van der Waals surface area contributed by atoms with Gasteiger partial charge in [0.2, 0.25) is 0 Å². The van der Waals surface area contributed by atoms with Gasteiger partial charge < -0.3 is 10.2 Å². The third-order valence-electron chi connectivity index (χ3n) is 2.75. The SMILES string of the molecule is CCCCCCNc1ccc(C(=O)N(C)C)cn1. The van der Waals surface area contributed by atoms with Gasteiger partial charge in [-0.3, -0.25) is 4.79 Å². The highest BCUT2D eigenvalue weighted by molar-refractivity contribution is 5.93. The van der Waals surface area contributed by atoms with Gasteiger partial charge in [0, 0.05) is 26.8 Å². The van der Waals surface area contributed by atoms with E-state index in [4.69, 9.17) is 0 Å². The van der Waals surface area contributed by atoms with Crippen molar-refractivity contribution in [3.05, 3.63) is 23.9 Å². The van der Waals surface area contributed by atoms with Gasteiger partial charge >= 0.3 is 0 Å². The summed E-state index contributed by atoms with van der Waals surface area (Å²) in [6, 6.07) is 3.67. The van der Waals surface area contributed by atoms with Crippen LogP contribution in [0.2, 0.25) is 0 Å². The molecule has 0 aromatic carbocycles. The number of unbranched alkanes of at least 4 members (excludes halogenated alkanes) is 3. The molecule has 1 heterocycles. The van der Waals surface area contributed by atoms with Crippen molar-refractivity contribution in [2.24, 2.45) is 0 Å². The molecule has 0 radical (unpaired) electrons. The standard InChI is InChI=1S/C14H23N3O/c1-4-5-6-7-10-15-13-9-8-12(11-16-13)14(18)17(2)3/h8-9,11H,4-7,10H2,1-3H3,(H,15,16). The fraction of sp³-hybridized carbons (Fsp3) is 0.571. The zero-order valence-electron chi connectivity index (χ0n) is 11.6. The highest BCUT2D eigenvalue weighted by Crippen LogP contribution is 2.07. The number of aromatic nitrogens is 1. The Morgan fingerprint density at radius 2 is 2.06 bits per heavy atom. The van der Waals surface area contributed by atoms with Gasteiger partial charge in [0.25, 0.3) is 5.91 Å². The molecule has 0 aliphatic heterocycles. The second-order valence-electron chi connectivity index (χ2n) is 4.62. The van der Waals surface area contributed by atoms with Crippen LogP contribution in [0.5, 0.6) is 0 Å². The Kier molecular flexibility index (Phi) is 6.19. The summed E-state index contributed by atoms with van der Waals surface area (Å²) in [6.07, 6.45) is 6.57. The molecule has 0 saturated heterocycles. The van der Waals surface area contributed by atoms with E-state index in [0.29, 0.717) is 5.56 Å². The predicted octanol–water partition coefficient (Wildman–Crippen LogP) is 2.78. The van der Waals surface area contributed by atoms with Crippen LogP contribution in [-0.4, -0.2) is 36.4 Å². The molecule has 4 heteroatoms. The Morgan fingerprint density at radius 1 is 1.28 bits per heavy atom. The Hall–Kier alpha value is -1.58.